The van der Waals surface area contributed by atoms with Crippen LogP contribution in [-0.4, -0.2) is 35.0 Å². The molecule has 0 bridgehead atoms. The van der Waals surface area contributed by atoms with Crippen LogP contribution in [0.3, 0.4) is 0 Å². The molecule has 0 atom stereocenters. The Balaban J connectivity index is 1.72. The number of nitrogen functional groups attached to an aromatic ring is 1. The van der Waals surface area contributed by atoms with Crippen molar-refractivity contribution < 1.29 is 14.7 Å². The number of piperidine rings is 1. The van der Waals surface area contributed by atoms with E-state index in [9.17, 15) is 9.59 Å². The Hall–Kier alpha value is -3.02. The van der Waals surface area contributed by atoms with Gasteiger partial charge < -0.3 is 21.1 Å². The van der Waals surface area contributed by atoms with Gasteiger partial charge in [-0.25, -0.2) is 4.79 Å². The summed E-state index contributed by atoms with van der Waals surface area (Å²) < 4.78 is 0. The maximum Gasteiger partial charge on any atom is 0.335 e. The van der Waals surface area contributed by atoms with Gasteiger partial charge in [-0.3, -0.25) is 4.79 Å². The lowest BCUT2D eigenvalue weighted by Crippen LogP contribution is -2.36. The number of carboxylic acids is 1. The highest BCUT2D eigenvalue weighted by Crippen LogP contribution is 2.31. The molecule has 1 fully saturated rings. The fraction of sp³-hybridized carbons (Fsp3) is 0.300. The zero-order valence-corrected chi connectivity index (χ0v) is 14.7. The lowest BCUT2D eigenvalue weighted by Gasteiger charge is -2.31. The van der Waals surface area contributed by atoms with Crippen molar-refractivity contribution in [3.8, 4) is 0 Å². The van der Waals surface area contributed by atoms with Crippen molar-refractivity contribution in [2.24, 2.45) is 0 Å². The van der Waals surface area contributed by atoms with Crippen molar-refractivity contribution in [2.45, 2.75) is 25.7 Å². The van der Waals surface area contributed by atoms with Crippen molar-refractivity contribution in [1.82, 2.24) is 4.90 Å². The summed E-state index contributed by atoms with van der Waals surface area (Å²) in [6.45, 7) is 3.20. The number of benzene rings is 2. The van der Waals surface area contributed by atoms with E-state index in [1.807, 2.05) is 17.0 Å². The molecule has 4 N–H and O–H groups in total. The maximum absolute atomic E-state index is 11.5. The molecule has 2 aromatic carbocycles. The zero-order chi connectivity index (χ0) is 18.7. The fourth-order valence-electron chi connectivity index (χ4n) is 3.36. The summed E-state index contributed by atoms with van der Waals surface area (Å²) in [6, 6.07) is 12.8. The van der Waals surface area contributed by atoms with Crippen molar-refractivity contribution >= 4 is 28.9 Å². The van der Waals surface area contributed by atoms with Crippen LogP contribution in [0.25, 0.3) is 0 Å². The van der Waals surface area contributed by atoms with Crippen LogP contribution in [0.1, 0.15) is 41.6 Å². The first-order valence-electron chi connectivity index (χ1n) is 8.69. The van der Waals surface area contributed by atoms with Crippen molar-refractivity contribution in [1.29, 1.82) is 0 Å². The van der Waals surface area contributed by atoms with Gasteiger partial charge in [0.25, 0.3) is 0 Å². The second-order valence-electron chi connectivity index (χ2n) is 6.64. The quantitative estimate of drug-likeness (QED) is 0.732. The Morgan fingerprint density at radius 1 is 1.15 bits per heavy atom. The zero-order valence-electron chi connectivity index (χ0n) is 14.7. The number of amides is 1. The van der Waals surface area contributed by atoms with Gasteiger partial charge >= 0.3 is 5.97 Å². The molecule has 1 aliphatic heterocycles. The molecule has 2 aromatic rings. The molecule has 1 amide bonds. The van der Waals surface area contributed by atoms with Gasteiger partial charge in [-0.15, -0.1) is 0 Å². The third-order valence-corrected chi connectivity index (χ3v) is 4.88. The van der Waals surface area contributed by atoms with E-state index >= 15 is 0 Å². The Morgan fingerprint density at radius 2 is 1.88 bits per heavy atom. The summed E-state index contributed by atoms with van der Waals surface area (Å²) in [5, 5.41) is 12.3. The Bertz CT molecular complexity index is 827. The molecule has 0 aliphatic carbocycles. The van der Waals surface area contributed by atoms with E-state index in [0.717, 1.165) is 31.6 Å². The maximum atomic E-state index is 11.5. The van der Waals surface area contributed by atoms with Crippen molar-refractivity contribution in [3.05, 3.63) is 53.6 Å². The largest absolute Gasteiger partial charge is 0.478 e. The summed E-state index contributed by atoms with van der Waals surface area (Å²) in [4.78, 5) is 24.4. The predicted molar refractivity (Wildman–Crippen MR) is 102 cm³/mol. The number of aromatic carboxylic acids is 1. The van der Waals surface area contributed by atoms with Gasteiger partial charge in [0, 0.05) is 25.7 Å². The minimum atomic E-state index is -0.998. The SMILES string of the molecule is CC(=O)N1CCC(c2cccc(Nc3ccc(C(=O)O)cc3N)c2)CC1. The van der Waals surface area contributed by atoms with Gasteiger partial charge in [0.15, 0.2) is 0 Å². The van der Waals surface area contributed by atoms with Gasteiger partial charge in [-0.2, -0.15) is 0 Å². The van der Waals surface area contributed by atoms with Crippen molar-refractivity contribution in [2.75, 3.05) is 24.1 Å². The van der Waals surface area contributed by atoms with Gasteiger partial charge in [0.05, 0.1) is 16.9 Å². The molecular formula is C20H23N3O3. The average molecular weight is 353 g/mol. The van der Waals surface area contributed by atoms with Gasteiger partial charge in [-0.05, 0) is 54.7 Å². The summed E-state index contributed by atoms with van der Waals surface area (Å²) in [5.41, 5.74) is 9.35. The van der Waals surface area contributed by atoms with E-state index in [4.69, 9.17) is 10.8 Å². The number of nitrogens with one attached hydrogen (secondary N) is 1. The fourth-order valence-corrected chi connectivity index (χ4v) is 3.36. The topological polar surface area (TPSA) is 95.7 Å². The Morgan fingerprint density at radius 3 is 2.50 bits per heavy atom. The van der Waals surface area contributed by atoms with E-state index in [-0.39, 0.29) is 11.5 Å². The molecule has 0 saturated carbocycles. The van der Waals surface area contributed by atoms with E-state index in [1.54, 1.807) is 13.0 Å². The lowest BCUT2D eigenvalue weighted by atomic mass is 9.89. The number of hydrogen-bond acceptors (Lipinski definition) is 4. The monoisotopic (exact) mass is 353 g/mol. The molecule has 0 spiro atoms. The number of hydrogen-bond donors (Lipinski definition) is 3. The standard InChI is InChI=1S/C20H23N3O3/c1-13(24)23-9-7-14(8-10-23)15-3-2-4-17(11-15)22-19-6-5-16(20(25)26)12-18(19)21/h2-6,11-12,14,22H,7-10,21H2,1H3,(H,25,26). The molecule has 1 aliphatic rings. The number of carbonyl (C=O) groups excluding carboxylic acids is 1. The normalized spacial score (nSPS) is 14.9. The lowest BCUT2D eigenvalue weighted by molar-refractivity contribution is -0.129. The van der Waals surface area contributed by atoms with E-state index in [2.05, 4.69) is 17.4 Å². The second kappa shape index (κ2) is 7.47. The molecule has 0 aromatic heterocycles. The smallest absolute Gasteiger partial charge is 0.335 e. The molecule has 1 heterocycles. The van der Waals surface area contributed by atoms with Crippen molar-refractivity contribution in [3.63, 3.8) is 0 Å². The summed E-state index contributed by atoms with van der Waals surface area (Å²) in [6.07, 6.45) is 1.91. The van der Waals surface area contributed by atoms with Crippen LogP contribution in [-0.2, 0) is 4.79 Å². The molecular weight excluding hydrogens is 330 g/mol. The van der Waals surface area contributed by atoms with Crippen LogP contribution in [0.2, 0.25) is 0 Å². The molecule has 0 radical (unpaired) electrons. The van der Waals surface area contributed by atoms with E-state index in [1.165, 1.54) is 17.7 Å². The first-order chi connectivity index (χ1) is 12.4. The minimum Gasteiger partial charge on any atom is -0.478 e. The van der Waals surface area contributed by atoms with Crippen LogP contribution in [0.5, 0.6) is 0 Å². The number of nitrogens with two attached hydrogens (primary N) is 1. The molecule has 3 rings (SSSR count). The highest BCUT2D eigenvalue weighted by molar-refractivity contribution is 5.90. The van der Waals surface area contributed by atoms with Crippen LogP contribution in [0, 0.1) is 0 Å². The molecule has 6 heteroatoms. The predicted octanol–water partition coefficient (Wildman–Crippen LogP) is 3.44. The molecule has 0 unspecified atom stereocenters. The second-order valence-corrected chi connectivity index (χ2v) is 6.64. The van der Waals surface area contributed by atoms with Gasteiger partial charge in [0.2, 0.25) is 5.91 Å². The molecule has 6 nitrogen and oxygen atoms in total. The minimum absolute atomic E-state index is 0.138. The van der Waals surface area contributed by atoms with Gasteiger partial charge in [0.1, 0.15) is 0 Å². The van der Waals surface area contributed by atoms with Crippen LogP contribution < -0.4 is 11.1 Å². The average Bonchev–Trinajstić information content (AvgIpc) is 2.63. The summed E-state index contributed by atoms with van der Waals surface area (Å²) in [5.74, 6) is -0.430. The molecule has 26 heavy (non-hydrogen) atoms. The van der Waals surface area contributed by atoms with E-state index < -0.39 is 5.97 Å². The number of likely N-dealkylation sites (tertiary alicyclic amines) is 1. The molecule has 1 saturated heterocycles. The van der Waals surface area contributed by atoms with Gasteiger partial charge in [-0.1, -0.05) is 12.1 Å². The first-order valence-corrected chi connectivity index (χ1v) is 8.69. The van der Waals surface area contributed by atoms with Crippen LogP contribution >= 0.6 is 0 Å². The number of rotatable bonds is 4. The Kier molecular flexibility index (Phi) is 5.11. The number of nitrogens with zero attached hydrogens (tertiary/aromatic N) is 1. The third kappa shape index (κ3) is 3.96. The van der Waals surface area contributed by atoms with E-state index in [0.29, 0.717) is 17.3 Å². The number of anilines is 3. The number of carboxylic acid groups (broad SMARTS) is 1. The first kappa shape index (κ1) is 17.8. The summed E-state index contributed by atoms with van der Waals surface area (Å²) in [7, 11) is 0. The summed E-state index contributed by atoms with van der Waals surface area (Å²) >= 11 is 0. The highest BCUT2D eigenvalue weighted by Gasteiger charge is 2.22. The van der Waals surface area contributed by atoms with Crippen LogP contribution in [0.4, 0.5) is 17.1 Å². The Labute approximate surface area is 152 Å². The van der Waals surface area contributed by atoms with Crippen LogP contribution in [0.15, 0.2) is 42.5 Å². The highest BCUT2D eigenvalue weighted by atomic mass is 16.4. The third-order valence-electron chi connectivity index (χ3n) is 4.88. The molecule has 136 valence electrons. The number of carbonyl (C=O) groups is 2.